The van der Waals surface area contributed by atoms with Crippen LogP contribution in [0.4, 0.5) is 5.69 Å². The van der Waals surface area contributed by atoms with Gasteiger partial charge in [-0.05, 0) is 91.3 Å². The SMILES string of the molecule is Cc1ccc(C)c(N2C(=O)/C(=C/c3ccc(Sc4ccc(Cl)cc4)cc3)C(=O)NC2=S)c1. The fourth-order valence-electron chi connectivity index (χ4n) is 3.27. The van der Waals surface area contributed by atoms with Crippen LogP contribution in [-0.4, -0.2) is 16.9 Å². The van der Waals surface area contributed by atoms with E-state index in [9.17, 15) is 9.59 Å². The summed E-state index contributed by atoms with van der Waals surface area (Å²) in [6.07, 6.45) is 1.59. The molecule has 0 aliphatic carbocycles. The first-order valence-electron chi connectivity index (χ1n) is 9.84. The number of aryl methyl sites for hydroxylation is 2. The molecule has 7 heteroatoms. The standard InChI is InChI=1S/C25H19ClN2O2S2/c1-15-3-4-16(2)22(13-15)28-24(30)21(23(29)27-25(28)31)14-17-5-9-19(10-6-17)32-20-11-7-18(26)8-12-20/h3-14H,1-2H3,(H,27,29,31)/b21-14+. The molecule has 0 bridgehead atoms. The Morgan fingerprint density at radius 1 is 0.938 bits per heavy atom. The number of benzene rings is 3. The van der Waals surface area contributed by atoms with E-state index >= 15 is 0 Å². The molecule has 1 aliphatic rings. The van der Waals surface area contributed by atoms with Crippen LogP contribution in [-0.2, 0) is 9.59 Å². The molecule has 32 heavy (non-hydrogen) atoms. The maximum Gasteiger partial charge on any atom is 0.270 e. The molecule has 0 spiro atoms. The van der Waals surface area contributed by atoms with Crippen molar-refractivity contribution >= 4 is 64.3 Å². The van der Waals surface area contributed by atoms with Gasteiger partial charge in [0.1, 0.15) is 5.57 Å². The van der Waals surface area contributed by atoms with E-state index in [0.717, 1.165) is 26.5 Å². The third kappa shape index (κ3) is 4.78. The van der Waals surface area contributed by atoms with E-state index in [2.05, 4.69) is 5.32 Å². The number of hydrogen-bond donors (Lipinski definition) is 1. The molecular formula is C25H19ClN2O2S2. The molecule has 3 aromatic rings. The number of carbonyl (C=O) groups is 2. The Kier molecular flexibility index (Phi) is 6.46. The molecule has 1 N–H and O–H groups in total. The highest BCUT2D eigenvalue weighted by atomic mass is 35.5. The van der Waals surface area contributed by atoms with Crippen molar-refractivity contribution in [3.63, 3.8) is 0 Å². The number of anilines is 1. The Morgan fingerprint density at radius 2 is 1.56 bits per heavy atom. The van der Waals surface area contributed by atoms with Crippen LogP contribution in [0.1, 0.15) is 16.7 Å². The Hall–Kier alpha value is -2.93. The van der Waals surface area contributed by atoms with E-state index in [1.807, 2.05) is 80.6 Å². The van der Waals surface area contributed by atoms with Gasteiger partial charge in [-0.15, -0.1) is 0 Å². The summed E-state index contributed by atoms with van der Waals surface area (Å²) >= 11 is 12.8. The highest BCUT2D eigenvalue weighted by Gasteiger charge is 2.35. The lowest BCUT2D eigenvalue weighted by molar-refractivity contribution is -0.122. The zero-order valence-electron chi connectivity index (χ0n) is 17.4. The second kappa shape index (κ2) is 9.28. The summed E-state index contributed by atoms with van der Waals surface area (Å²) in [5.74, 6) is -0.937. The highest BCUT2D eigenvalue weighted by Crippen LogP contribution is 2.30. The molecule has 0 atom stereocenters. The van der Waals surface area contributed by atoms with Gasteiger partial charge in [0, 0.05) is 14.8 Å². The van der Waals surface area contributed by atoms with Crippen molar-refractivity contribution in [2.24, 2.45) is 0 Å². The number of thiocarbonyl (C=S) groups is 1. The summed E-state index contributed by atoms with van der Waals surface area (Å²) in [5.41, 5.74) is 3.35. The molecule has 0 radical (unpaired) electrons. The van der Waals surface area contributed by atoms with Gasteiger partial charge in [-0.25, -0.2) is 0 Å². The van der Waals surface area contributed by atoms with Crippen LogP contribution in [0.5, 0.6) is 0 Å². The van der Waals surface area contributed by atoms with Crippen LogP contribution in [0.3, 0.4) is 0 Å². The van der Waals surface area contributed by atoms with E-state index in [1.54, 1.807) is 17.8 Å². The van der Waals surface area contributed by atoms with E-state index in [1.165, 1.54) is 4.90 Å². The summed E-state index contributed by atoms with van der Waals surface area (Å²) in [4.78, 5) is 29.3. The topological polar surface area (TPSA) is 49.4 Å². The fourth-order valence-corrected chi connectivity index (χ4v) is 4.49. The molecule has 4 rings (SSSR count). The van der Waals surface area contributed by atoms with Gasteiger partial charge >= 0.3 is 0 Å². The van der Waals surface area contributed by atoms with Crippen LogP contribution in [0.2, 0.25) is 5.02 Å². The third-order valence-corrected chi connectivity index (χ3v) is 6.50. The molecule has 0 saturated carbocycles. The average Bonchev–Trinajstić information content (AvgIpc) is 2.76. The quantitative estimate of drug-likeness (QED) is 0.286. The van der Waals surface area contributed by atoms with E-state index in [0.29, 0.717) is 10.7 Å². The molecule has 2 amide bonds. The predicted molar refractivity (Wildman–Crippen MR) is 134 cm³/mol. The Bertz CT molecular complexity index is 1250. The average molecular weight is 479 g/mol. The second-order valence-electron chi connectivity index (χ2n) is 7.37. The lowest BCUT2D eigenvalue weighted by Crippen LogP contribution is -2.54. The summed E-state index contributed by atoms with van der Waals surface area (Å²) in [6, 6.07) is 21.0. The molecule has 3 aromatic carbocycles. The van der Waals surface area contributed by atoms with Crippen molar-refractivity contribution in [3.05, 3.63) is 94.0 Å². The van der Waals surface area contributed by atoms with Gasteiger partial charge in [0.2, 0.25) is 0 Å². The molecule has 160 valence electrons. The third-order valence-electron chi connectivity index (χ3n) is 4.95. The smallest absolute Gasteiger partial charge is 0.270 e. The van der Waals surface area contributed by atoms with Crippen molar-refractivity contribution in [1.29, 1.82) is 0 Å². The van der Waals surface area contributed by atoms with Crippen LogP contribution < -0.4 is 10.2 Å². The monoisotopic (exact) mass is 478 g/mol. The summed E-state index contributed by atoms with van der Waals surface area (Å²) in [5, 5.41) is 3.42. The first kappa shape index (κ1) is 22.3. The second-order valence-corrected chi connectivity index (χ2v) is 9.34. The van der Waals surface area contributed by atoms with Gasteiger partial charge in [0.25, 0.3) is 11.8 Å². The maximum atomic E-state index is 13.2. The van der Waals surface area contributed by atoms with E-state index in [-0.39, 0.29) is 10.7 Å². The molecule has 1 aliphatic heterocycles. The number of nitrogens with one attached hydrogen (secondary N) is 1. The summed E-state index contributed by atoms with van der Waals surface area (Å²) in [6.45, 7) is 3.85. The van der Waals surface area contributed by atoms with Gasteiger partial charge in [0.15, 0.2) is 5.11 Å². The minimum absolute atomic E-state index is 0.0395. The van der Waals surface area contributed by atoms with Crippen molar-refractivity contribution in [1.82, 2.24) is 5.32 Å². The van der Waals surface area contributed by atoms with Crippen molar-refractivity contribution in [2.75, 3.05) is 4.90 Å². The lowest BCUT2D eigenvalue weighted by atomic mass is 10.0. The number of hydrogen-bond acceptors (Lipinski definition) is 4. The predicted octanol–water partition coefficient (Wildman–Crippen LogP) is 5.94. The Labute approximate surface area is 201 Å². The molecular weight excluding hydrogens is 460 g/mol. The molecule has 1 saturated heterocycles. The van der Waals surface area contributed by atoms with Crippen LogP contribution in [0.15, 0.2) is 82.1 Å². The number of rotatable bonds is 4. The summed E-state index contributed by atoms with van der Waals surface area (Å²) in [7, 11) is 0. The first-order valence-corrected chi connectivity index (χ1v) is 11.4. The Morgan fingerprint density at radius 3 is 2.22 bits per heavy atom. The fraction of sp³-hybridized carbons (Fsp3) is 0.0800. The lowest BCUT2D eigenvalue weighted by Gasteiger charge is -2.30. The van der Waals surface area contributed by atoms with Gasteiger partial charge < -0.3 is 0 Å². The van der Waals surface area contributed by atoms with Crippen LogP contribution in [0, 0.1) is 13.8 Å². The number of nitrogens with zero attached hydrogens (tertiary/aromatic N) is 1. The zero-order chi connectivity index (χ0) is 22.8. The number of halogens is 1. The van der Waals surface area contributed by atoms with Crippen molar-refractivity contribution in [2.45, 2.75) is 23.6 Å². The van der Waals surface area contributed by atoms with Crippen molar-refractivity contribution in [3.8, 4) is 0 Å². The van der Waals surface area contributed by atoms with Crippen LogP contribution >= 0.6 is 35.6 Å². The normalized spacial score (nSPS) is 15.3. The zero-order valence-corrected chi connectivity index (χ0v) is 19.8. The van der Waals surface area contributed by atoms with Crippen LogP contribution in [0.25, 0.3) is 6.08 Å². The maximum absolute atomic E-state index is 13.2. The molecule has 1 heterocycles. The molecule has 0 aromatic heterocycles. The number of amides is 2. The number of carbonyl (C=O) groups excluding carboxylic acids is 2. The van der Waals surface area contributed by atoms with Gasteiger partial charge in [0.05, 0.1) is 5.69 Å². The van der Waals surface area contributed by atoms with Gasteiger partial charge in [-0.3, -0.25) is 19.8 Å². The minimum atomic E-state index is -0.499. The first-order chi connectivity index (χ1) is 15.3. The summed E-state index contributed by atoms with van der Waals surface area (Å²) < 4.78 is 0. The van der Waals surface area contributed by atoms with Gasteiger partial charge in [-0.2, -0.15) is 0 Å². The Balaban J connectivity index is 1.60. The van der Waals surface area contributed by atoms with E-state index in [4.69, 9.17) is 23.8 Å². The molecule has 4 nitrogen and oxygen atoms in total. The van der Waals surface area contributed by atoms with E-state index < -0.39 is 11.8 Å². The van der Waals surface area contributed by atoms with Crippen molar-refractivity contribution < 1.29 is 9.59 Å². The minimum Gasteiger partial charge on any atom is -0.298 e. The molecule has 0 unspecified atom stereocenters. The highest BCUT2D eigenvalue weighted by molar-refractivity contribution is 7.99. The molecule has 1 fully saturated rings. The largest absolute Gasteiger partial charge is 0.298 e. The van der Waals surface area contributed by atoms with Gasteiger partial charge in [-0.1, -0.05) is 47.6 Å².